The molecule has 0 saturated heterocycles. The van der Waals surface area contributed by atoms with E-state index >= 15 is 0 Å². The third-order valence-electron chi connectivity index (χ3n) is 0.143. The Kier molecular flexibility index (Phi) is 14.1. The Morgan fingerprint density at radius 3 is 2.33 bits per heavy atom. The van der Waals surface area contributed by atoms with Crippen molar-refractivity contribution in [3.05, 3.63) is 6.42 Å². The van der Waals surface area contributed by atoms with Crippen LogP contribution in [-0.4, -0.2) is 6.29 Å². The molecular weight excluding hydrogens is 155 g/mol. The summed E-state index contributed by atoms with van der Waals surface area (Å²) < 4.78 is 0. The van der Waals surface area contributed by atoms with Gasteiger partial charge < -0.3 is 4.79 Å². The van der Waals surface area contributed by atoms with Crippen molar-refractivity contribution in [3.63, 3.8) is 0 Å². The molecule has 0 saturated carbocycles. The second-order valence-electron chi connectivity index (χ2n) is 0.432. The smallest absolute Gasteiger partial charge is 0 e. The van der Waals surface area contributed by atoms with Gasteiger partial charge in [0.1, 0.15) is 0 Å². The zero-order chi connectivity index (χ0) is 4.12. The van der Waals surface area contributed by atoms with Crippen molar-refractivity contribution in [1.82, 2.24) is 0 Å². The van der Waals surface area contributed by atoms with Gasteiger partial charge in [-0.1, -0.05) is 6.07 Å². The molecule has 0 spiro atoms. The number of nitriles is 1. The zero-order valence-electron chi connectivity index (χ0n) is 3.09. The van der Waals surface area contributed by atoms with Crippen molar-refractivity contribution in [2.45, 2.75) is 0 Å². The maximum Gasteiger partial charge on any atom is 0 e. The first-order valence-corrected chi connectivity index (χ1v) is 1.08. The molecule has 0 N–H and O–H groups in total. The fourth-order valence-electron chi connectivity index (χ4n) is 0.0304. The topological polar surface area (TPSA) is 40.9 Å². The van der Waals surface area contributed by atoms with Crippen LogP contribution >= 0.6 is 0 Å². The average molecular weight is 157 g/mol. The number of nitrogens with zero attached hydrogens (tertiary/aromatic N) is 1. The molecule has 0 aromatic heterocycles. The van der Waals surface area contributed by atoms with Gasteiger partial charge in [-0.25, -0.2) is 11.7 Å². The monoisotopic (exact) mass is 157 g/mol. The molecule has 0 bridgehead atoms. The molecule has 0 unspecified atom stereocenters. The predicted octanol–water partition coefficient (Wildman–Crippen LogP) is -0.0893. The summed E-state index contributed by atoms with van der Waals surface area (Å²) in [4.78, 5) is 9.13. The van der Waals surface area contributed by atoms with Crippen molar-refractivity contribution in [2.75, 3.05) is 0 Å². The Morgan fingerprint density at radius 2 is 2.33 bits per heavy atom. The summed E-state index contributed by atoms with van der Waals surface area (Å²) in [5.74, 6) is 0. The van der Waals surface area contributed by atoms with Gasteiger partial charge in [-0.15, -0.1) is 0 Å². The Balaban J connectivity index is 0. The van der Waals surface area contributed by atoms with E-state index in [4.69, 9.17) is 10.1 Å². The van der Waals surface area contributed by atoms with E-state index in [1.165, 1.54) is 6.07 Å². The fraction of sp³-hybridized carbons (Fsp3) is 0. The molecule has 0 amide bonds. The van der Waals surface area contributed by atoms with Gasteiger partial charge in [0.05, 0.1) is 0 Å². The van der Waals surface area contributed by atoms with Crippen molar-refractivity contribution in [1.29, 1.82) is 5.26 Å². The van der Waals surface area contributed by atoms with Gasteiger partial charge >= 0.3 is 0 Å². The minimum absolute atomic E-state index is 0. The van der Waals surface area contributed by atoms with Crippen LogP contribution in [0.4, 0.5) is 0 Å². The predicted molar refractivity (Wildman–Crippen MR) is 16.0 cm³/mol. The van der Waals surface area contributed by atoms with Crippen molar-refractivity contribution < 1.29 is 37.5 Å². The molecule has 0 aliphatic heterocycles. The molecule has 0 fully saturated rings. The third-order valence-corrected chi connectivity index (χ3v) is 0.143. The molecule has 3 heteroatoms. The normalized spacial score (nSPS) is 3.83. The summed E-state index contributed by atoms with van der Waals surface area (Å²) in [6.07, 6.45) is 1.32. The van der Waals surface area contributed by atoms with Crippen LogP contribution in [0.3, 0.4) is 0 Å². The summed E-state index contributed by atoms with van der Waals surface area (Å²) in [5, 5.41) is 7.53. The van der Waals surface area contributed by atoms with E-state index in [1.54, 1.807) is 0 Å². The third kappa shape index (κ3) is 8.92. The molecule has 1 radical (unpaired) electrons. The van der Waals surface area contributed by atoms with Gasteiger partial charge in [0.2, 0.25) is 0 Å². The van der Waals surface area contributed by atoms with E-state index in [-0.39, 0.29) is 32.7 Å². The number of carbonyl (C=O) groups is 1. The summed E-state index contributed by atoms with van der Waals surface area (Å²) in [5.41, 5.74) is 0. The molecule has 0 atom stereocenters. The van der Waals surface area contributed by atoms with Crippen molar-refractivity contribution in [2.24, 2.45) is 0 Å². The Labute approximate surface area is 61.4 Å². The average Bonchev–Trinajstić information content (AvgIpc) is 1.41. The van der Waals surface area contributed by atoms with Crippen molar-refractivity contribution >= 4 is 6.29 Å². The van der Waals surface area contributed by atoms with E-state index in [1.807, 2.05) is 0 Å². The first-order valence-electron chi connectivity index (χ1n) is 1.08. The first-order chi connectivity index (χ1) is 2.41. The van der Waals surface area contributed by atoms with Crippen LogP contribution < -0.4 is 0 Å². The van der Waals surface area contributed by atoms with Crippen LogP contribution in [0.5, 0.6) is 0 Å². The van der Waals surface area contributed by atoms with Crippen LogP contribution in [0.15, 0.2) is 0 Å². The van der Waals surface area contributed by atoms with E-state index in [0.29, 0.717) is 6.29 Å². The summed E-state index contributed by atoms with van der Waals surface area (Å²) in [7, 11) is 0. The van der Waals surface area contributed by atoms with Crippen LogP contribution in [0, 0.1) is 17.8 Å². The summed E-state index contributed by atoms with van der Waals surface area (Å²) >= 11 is 0. The largest absolute Gasteiger partial charge is 0.337 e. The van der Waals surface area contributed by atoms with E-state index in [9.17, 15) is 0 Å². The van der Waals surface area contributed by atoms with E-state index in [0.717, 1.165) is 6.42 Å². The maximum atomic E-state index is 9.13. The summed E-state index contributed by atoms with van der Waals surface area (Å²) in [6, 6.07) is 1.52. The number of rotatable bonds is 1. The fourth-order valence-corrected chi connectivity index (χ4v) is 0.0304. The molecule has 0 rings (SSSR count). The Hall–Kier alpha value is 0.134. The minimum atomic E-state index is 0. The molecule has 0 aliphatic rings. The Morgan fingerprint density at radius 1 is 1.83 bits per heavy atom. The van der Waals surface area contributed by atoms with Crippen LogP contribution in [-0.2, 0) is 37.5 Å². The second-order valence-corrected chi connectivity index (χ2v) is 0.432. The molecular formula is C3H2NOY-. The number of hydrogen-bond acceptors (Lipinski definition) is 2. The minimum Gasteiger partial charge on any atom is -0.337 e. The standard InChI is InChI=1S/C3H2NO.Y/c4-2-1-3-5;/h1,3H;/q-1;. The summed E-state index contributed by atoms with van der Waals surface area (Å²) in [6.45, 7) is 0. The van der Waals surface area contributed by atoms with Gasteiger partial charge in [0.25, 0.3) is 0 Å². The first kappa shape index (κ1) is 9.46. The number of aldehydes is 1. The van der Waals surface area contributed by atoms with Crippen LogP contribution in [0.2, 0.25) is 0 Å². The van der Waals surface area contributed by atoms with Crippen LogP contribution in [0.25, 0.3) is 0 Å². The van der Waals surface area contributed by atoms with Crippen LogP contribution in [0.1, 0.15) is 0 Å². The quantitative estimate of drug-likeness (QED) is 0.394. The Bertz CT molecular complexity index is 65.7. The maximum absolute atomic E-state index is 9.13. The molecule has 6 heavy (non-hydrogen) atoms. The van der Waals surface area contributed by atoms with Gasteiger partial charge in [-0.05, 0) is 6.29 Å². The van der Waals surface area contributed by atoms with Gasteiger partial charge in [-0.2, -0.15) is 0 Å². The molecule has 29 valence electrons. The van der Waals surface area contributed by atoms with Gasteiger partial charge in [0.15, 0.2) is 0 Å². The van der Waals surface area contributed by atoms with E-state index in [2.05, 4.69) is 0 Å². The second kappa shape index (κ2) is 8.93. The van der Waals surface area contributed by atoms with Gasteiger partial charge in [0, 0.05) is 32.7 Å². The number of carbonyl (C=O) groups excluding carboxylic acids is 1. The molecule has 0 aromatic carbocycles. The zero-order valence-corrected chi connectivity index (χ0v) is 5.93. The number of hydrogen-bond donors (Lipinski definition) is 0. The van der Waals surface area contributed by atoms with Gasteiger partial charge in [-0.3, -0.25) is 0 Å². The van der Waals surface area contributed by atoms with E-state index < -0.39 is 0 Å². The molecule has 0 aromatic rings. The SMILES string of the molecule is N#C[CH-]C=O.[Y]. The van der Waals surface area contributed by atoms with Crippen molar-refractivity contribution in [3.8, 4) is 6.07 Å². The molecule has 0 heterocycles. The molecule has 0 aliphatic carbocycles. The molecule has 2 nitrogen and oxygen atoms in total.